The quantitative estimate of drug-likeness (QED) is 0.135. The van der Waals surface area contributed by atoms with Gasteiger partial charge in [0.05, 0.1) is 0 Å². The second-order valence-corrected chi connectivity index (χ2v) is 11.8. The van der Waals surface area contributed by atoms with Crippen molar-refractivity contribution in [2.45, 2.75) is 51.4 Å². The van der Waals surface area contributed by atoms with Crippen LogP contribution in [0.25, 0.3) is 0 Å². The van der Waals surface area contributed by atoms with Crippen LogP contribution in [-0.4, -0.2) is 23.6 Å². The van der Waals surface area contributed by atoms with Crippen molar-refractivity contribution in [3.05, 3.63) is 120 Å². The van der Waals surface area contributed by atoms with Crippen molar-refractivity contribution in [3.8, 4) is 0 Å². The molecule has 4 aromatic rings. The van der Waals surface area contributed by atoms with Crippen molar-refractivity contribution in [1.82, 2.24) is 0 Å². The molecule has 8 heteroatoms. The van der Waals surface area contributed by atoms with E-state index in [0.717, 1.165) is 11.1 Å². The number of nitrogens with one attached hydrogen (secondary N) is 4. The molecule has 4 aromatic carbocycles. The van der Waals surface area contributed by atoms with Gasteiger partial charge in [-0.3, -0.25) is 19.2 Å². The molecule has 1 aliphatic carbocycles. The predicted octanol–water partition coefficient (Wildman–Crippen LogP) is 7.21. The first-order valence-electron chi connectivity index (χ1n) is 15.9. The van der Waals surface area contributed by atoms with E-state index < -0.39 is 0 Å². The standard InChI is InChI=1S/C38H40N4O4/c43-35(23-17-27-9-3-1-4-10-27)39-31-13-7-15-33(25-31)41-37(45)29-19-21-30(22-20-29)38(46)42-34-16-8-14-32(26-34)40-36(44)24-18-28-11-5-2-6-12-28/h1-16,25-26,29-30H,17-24H2,(H,39,43)(H,40,44)(H,41,45)(H,42,46). The number of carbonyl (C=O) groups is 4. The second-order valence-electron chi connectivity index (χ2n) is 11.8. The van der Waals surface area contributed by atoms with Crippen LogP contribution in [0.5, 0.6) is 0 Å². The normalized spacial score (nSPS) is 15.7. The van der Waals surface area contributed by atoms with Gasteiger partial charge in [0, 0.05) is 47.4 Å². The van der Waals surface area contributed by atoms with Crippen LogP contribution in [-0.2, 0) is 32.0 Å². The molecule has 0 bridgehead atoms. The fourth-order valence-corrected chi connectivity index (χ4v) is 5.71. The lowest BCUT2D eigenvalue weighted by atomic mass is 9.81. The molecular formula is C38H40N4O4. The largest absolute Gasteiger partial charge is 0.326 e. The van der Waals surface area contributed by atoms with Gasteiger partial charge < -0.3 is 21.3 Å². The Morgan fingerprint density at radius 1 is 0.457 bits per heavy atom. The van der Waals surface area contributed by atoms with E-state index in [-0.39, 0.29) is 35.5 Å². The highest BCUT2D eigenvalue weighted by Gasteiger charge is 2.30. The van der Waals surface area contributed by atoms with E-state index in [2.05, 4.69) is 21.3 Å². The number of rotatable bonds is 12. The van der Waals surface area contributed by atoms with Crippen LogP contribution in [0.4, 0.5) is 22.7 Å². The Bertz CT molecular complexity index is 1510. The summed E-state index contributed by atoms with van der Waals surface area (Å²) in [4.78, 5) is 51.0. The topological polar surface area (TPSA) is 116 Å². The van der Waals surface area contributed by atoms with Crippen molar-refractivity contribution < 1.29 is 19.2 Å². The zero-order valence-electron chi connectivity index (χ0n) is 25.8. The van der Waals surface area contributed by atoms with Crippen molar-refractivity contribution in [3.63, 3.8) is 0 Å². The molecule has 0 radical (unpaired) electrons. The van der Waals surface area contributed by atoms with Crippen LogP contribution in [0.15, 0.2) is 109 Å². The van der Waals surface area contributed by atoms with Crippen LogP contribution in [0.3, 0.4) is 0 Å². The molecule has 0 unspecified atom stereocenters. The van der Waals surface area contributed by atoms with E-state index in [1.54, 1.807) is 48.5 Å². The van der Waals surface area contributed by atoms with Crippen LogP contribution >= 0.6 is 0 Å². The van der Waals surface area contributed by atoms with Gasteiger partial charge in [-0.05, 0) is 86.1 Å². The molecule has 0 spiro atoms. The molecule has 8 nitrogen and oxygen atoms in total. The third kappa shape index (κ3) is 9.89. The van der Waals surface area contributed by atoms with E-state index in [9.17, 15) is 19.2 Å². The molecular weight excluding hydrogens is 576 g/mol. The molecule has 0 atom stereocenters. The first-order chi connectivity index (χ1) is 22.4. The summed E-state index contributed by atoms with van der Waals surface area (Å²) in [6, 6.07) is 34.1. The molecule has 46 heavy (non-hydrogen) atoms. The van der Waals surface area contributed by atoms with Gasteiger partial charge in [0.1, 0.15) is 0 Å². The van der Waals surface area contributed by atoms with E-state index >= 15 is 0 Å². The number of aryl methyl sites for hydroxylation is 2. The Labute approximate surface area is 270 Å². The fourth-order valence-electron chi connectivity index (χ4n) is 5.71. The van der Waals surface area contributed by atoms with Gasteiger partial charge in [-0.1, -0.05) is 72.8 Å². The SMILES string of the molecule is O=C(CCc1ccccc1)Nc1cccc(NC(=O)C2CCC(C(=O)Nc3cccc(NC(=O)CCc4ccccc4)c3)CC2)c1. The highest BCUT2D eigenvalue weighted by atomic mass is 16.2. The summed E-state index contributed by atoms with van der Waals surface area (Å²) in [5.74, 6) is -0.715. The van der Waals surface area contributed by atoms with Crippen LogP contribution in [0, 0.1) is 11.8 Å². The Kier molecular flexibility index (Phi) is 11.3. The first kappa shape index (κ1) is 32.2. The Morgan fingerprint density at radius 3 is 1.17 bits per heavy atom. The molecule has 1 fully saturated rings. The zero-order chi connectivity index (χ0) is 32.1. The van der Waals surface area contributed by atoms with Gasteiger partial charge in [0.2, 0.25) is 23.6 Å². The lowest BCUT2D eigenvalue weighted by molar-refractivity contribution is -0.125. The first-order valence-corrected chi connectivity index (χ1v) is 15.9. The van der Waals surface area contributed by atoms with E-state index in [1.165, 1.54) is 0 Å². The molecule has 0 saturated heterocycles. The van der Waals surface area contributed by atoms with Gasteiger partial charge in [-0.2, -0.15) is 0 Å². The average molecular weight is 617 g/mol. The maximum atomic E-state index is 13.0. The summed E-state index contributed by atoms with van der Waals surface area (Å²) < 4.78 is 0. The molecule has 5 rings (SSSR count). The van der Waals surface area contributed by atoms with E-state index in [4.69, 9.17) is 0 Å². The second kappa shape index (κ2) is 16.2. The number of anilines is 4. The van der Waals surface area contributed by atoms with E-state index in [1.807, 2.05) is 60.7 Å². The smallest absolute Gasteiger partial charge is 0.227 e. The summed E-state index contributed by atoms with van der Waals surface area (Å²) in [6.07, 6.45) is 4.49. The summed E-state index contributed by atoms with van der Waals surface area (Å²) in [6.45, 7) is 0. The van der Waals surface area contributed by atoms with Crippen LogP contribution in [0.1, 0.15) is 49.7 Å². The fraction of sp³-hybridized carbons (Fsp3) is 0.263. The summed E-state index contributed by atoms with van der Waals surface area (Å²) in [7, 11) is 0. The lowest BCUT2D eigenvalue weighted by Gasteiger charge is -2.27. The molecule has 0 aromatic heterocycles. The zero-order valence-corrected chi connectivity index (χ0v) is 25.8. The maximum absolute atomic E-state index is 13.0. The number of carbonyl (C=O) groups excluding carboxylic acids is 4. The van der Waals surface area contributed by atoms with Gasteiger partial charge >= 0.3 is 0 Å². The third-order valence-corrected chi connectivity index (χ3v) is 8.26. The lowest BCUT2D eigenvalue weighted by Crippen LogP contribution is -2.32. The minimum absolute atomic E-state index is 0.0814. The van der Waals surface area contributed by atoms with Crippen LogP contribution in [0.2, 0.25) is 0 Å². The number of hydrogen-bond donors (Lipinski definition) is 4. The number of amides is 4. The van der Waals surface area contributed by atoms with Crippen molar-refractivity contribution in [1.29, 1.82) is 0 Å². The van der Waals surface area contributed by atoms with Gasteiger partial charge in [0.25, 0.3) is 0 Å². The molecule has 4 amide bonds. The molecule has 0 aliphatic heterocycles. The number of benzene rings is 4. The highest BCUT2D eigenvalue weighted by molar-refractivity contribution is 5.97. The molecule has 236 valence electrons. The highest BCUT2D eigenvalue weighted by Crippen LogP contribution is 2.31. The summed E-state index contributed by atoms with van der Waals surface area (Å²) in [5.41, 5.74) is 4.72. The summed E-state index contributed by atoms with van der Waals surface area (Å²) in [5, 5.41) is 11.8. The average Bonchev–Trinajstić information content (AvgIpc) is 3.08. The van der Waals surface area contributed by atoms with Gasteiger partial charge in [0.15, 0.2) is 0 Å². The van der Waals surface area contributed by atoms with Gasteiger partial charge in [-0.25, -0.2) is 0 Å². The van der Waals surface area contributed by atoms with Crippen molar-refractivity contribution in [2.75, 3.05) is 21.3 Å². The third-order valence-electron chi connectivity index (χ3n) is 8.26. The minimum atomic E-state index is -0.192. The monoisotopic (exact) mass is 616 g/mol. The predicted molar refractivity (Wildman–Crippen MR) is 182 cm³/mol. The minimum Gasteiger partial charge on any atom is -0.326 e. The van der Waals surface area contributed by atoms with Gasteiger partial charge in [-0.15, -0.1) is 0 Å². The molecule has 0 heterocycles. The van der Waals surface area contributed by atoms with Crippen molar-refractivity contribution in [2.24, 2.45) is 11.8 Å². The molecule has 1 saturated carbocycles. The Hall–Kier alpha value is -5.24. The number of hydrogen-bond acceptors (Lipinski definition) is 4. The maximum Gasteiger partial charge on any atom is 0.227 e. The summed E-state index contributed by atoms with van der Waals surface area (Å²) >= 11 is 0. The van der Waals surface area contributed by atoms with E-state index in [0.29, 0.717) is 74.1 Å². The Morgan fingerprint density at radius 2 is 0.804 bits per heavy atom. The molecule has 4 N–H and O–H groups in total. The Balaban J connectivity index is 1.04. The van der Waals surface area contributed by atoms with Crippen LogP contribution < -0.4 is 21.3 Å². The molecule has 1 aliphatic rings. The van der Waals surface area contributed by atoms with Crippen molar-refractivity contribution >= 4 is 46.4 Å².